The Morgan fingerprint density at radius 3 is 2.44 bits per heavy atom. The number of rotatable bonds is 3. The summed E-state index contributed by atoms with van der Waals surface area (Å²) in [4.78, 5) is 16.4. The fourth-order valence-corrected chi connectivity index (χ4v) is 3.09. The lowest BCUT2D eigenvalue weighted by Gasteiger charge is -2.38. The maximum atomic E-state index is 11.8. The summed E-state index contributed by atoms with van der Waals surface area (Å²) in [6.07, 6.45) is 2.88. The van der Waals surface area contributed by atoms with Gasteiger partial charge in [-0.1, -0.05) is 6.92 Å². The third kappa shape index (κ3) is 3.23. The maximum Gasteiger partial charge on any atom is 0.222 e. The topological polar surface area (TPSA) is 35.6 Å². The Kier molecular flexibility index (Phi) is 4.28. The Hall–Kier alpha value is -0.610. The standard InChI is InChI=1S/C14H27N3O/c1-4-5-13(18)17-8-6-16(7-9-17)12-10-14(2,3)15-11-12/h12,15H,4-11H2,1-3H3. The highest BCUT2D eigenvalue weighted by molar-refractivity contribution is 5.76. The highest BCUT2D eigenvalue weighted by atomic mass is 16.2. The minimum absolute atomic E-state index is 0.278. The lowest BCUT2D eigenvalue weighted by atomic mass is 10.0. The van der Waals surface area contributed by atoms with Gasteiger partial charge in [0.05, 0.1) is 0 Å². The molecule has 2 aliphatic rings. The van der Waals surface area contributed by atoms with Gasteiger partial charge in [-0.25, -0.2) is 0 Å². The molecule has 4 heteroatoms. The summed E-state index contributed by atoms with van der Waals surface area (Å²) in [5.74, 6) is 0.335. The third-order valence-corrected chi connectivity index (χ3v) is 4.21. The highest BCUT2D eigenvalue weighted by Gasteiger charge is 2.35. The Morgan fingerprint density at radius 2 is 1.94 bits per heavy atom. The second-order valence-corrected chi connectivity index (χ2v) is 6.29. The molecule has 0 saturated carbocycles. The molecule has 2 rings (SSSR count). The lowest BCUT2D eigenvalue weighted by Crippen LogP contribution is -2.52. The van der Waals surface area contributed by atoms with Crippen LogP contribution in [0.25, 0.3) is 0 Å². The molecule has 2 saturated heterocycles. The molecule has 2 fully saturated rings. The average molecular weight is 253 g/mol. The SMILES string of the molecule is CCCC(=O)N1CCN(C2CNC(C)(C)C2)CC1. The molecular weight excluding hydrogens is 226 g/mol. The summed E-state index contributed by atoms with van der Waals surface area (Å²) in [6, 6.07) is 0.656. The van der Waals surface area contributed by atoms with Gasteiger partial charge in [0.1, 0.15) is 0 Å². The number of nitrogens with one attached hydrogen (secondary N) is 1. The van der Waals surface area contributed by atoms with E-state index in [2.05, 4.69) is 31.0 Å². The van der Waals surface area contributed by atoms with Crippen molar-refractivity contribution in [1.29, 1.82) is 0 Å². The van der Waals surface area contributed by atoms with Crippen molar-refractivity contribution in [2.45, 2.75) is 51.6 Å². The summed E-state index contributed by atoms with van der Waals surface area (Å²) in [6.45, 7) is 11.6. The first-order valence-electron chi connectivity index (χ1n) is 7.29. The fraction of sp³-hybridized carbons (Fsp3) is 0.929. The van der Waals surface area contributed by atoms with Crippen molar-refractivity contribution in [3.8, 4) is 0 Å². The molecule has 1 unspecified atom stereocenters. The molecule has 104 valence electrons. The maximum absolute atomic E-state index is 11.8. The van der Waals surface area contributed by atoms with Crippen molar-refractivity contribution >= 4 is 5.91 Å². The number of carbonyl (C=O) groups excluding carboxylic acids is 1. The molecule has 18 heavy (non-hydrogen) atoms. The largest absolute Gasteiger partial charge is 0.340 e. The van der Waals surface area contributed by atoms with Gasteiger partial charge in [0, 0.05) is 50.7 Å². The monoisotopic (exact) mass is 253 g/mol. The van der Waals surface area contributed by atoms with E-state index in [0.29, 0.717) is 18.4 Å². The Bertz CT molecular complexity index is 295. The van der Waals surface area contributed by atoms with Crippen LogP contribution in [0.1, 0.15) is 40.0 Å². The Morgan fingerprint density at radius 1 is 1.28 bits per heavy atom. The normalized spacial score (nSPS) is 28.6. The van der Waals surface area contributed by atoms with Crippen LogP contribution in [0, 0.1) is 0 Å². The van der Waals surface area contributed by atoms with Gasteiger partial charge < -0.3 is 10.2 Å². The van der Waals surface area contributed by atoms with E-state index in [1.54, 1.807) is 0 Å². The van der Waals surface area contributed by atoms with Crippen molar-refractivity contribution in [1.82, 2.24) is 15.1 Å². The van der Waals surface area contributed by atoms with Crippen molar-refractivity contribution in [3.05, 3.63) is 0 Å². The predicted octanol–water partition coefficient (Wildman–Crippen LogP) is 1.07. The highest BCUT2D eigenvalue weighted by Crippen LogP contribution is 2.23. The Labute approximate surface area is 111 Å². The lowest BCUT2D eigenvalue weighted by molar-refractivity contribution is -0.133. The minimum Gasteiger partial charge on any atom is -0.340 e. The average Bonchev–Trinajstić information content (AvgIpc) is 2.70. The van der Waals surface area contributed by atoms with E-state index >= 15 is 0 Å². The first kappa shape index (κ1) is 13.8. The van der Waals surface area contributed by atoms with E-state index in [-0.39, 0.29) is 5.54 Å². The van der Waals surface area contributed by atoms with Gasteiger partial charge in [0.25, 0.3) is 0 Å². The van der Waals surface area contributed by atoms with Crippen LogP contribution in [0.5, 0.6) is 0 Å². The van der Waals surface area contributed by atoms with Crippen molar-refractivity contribution in [2.24, 2.45) is 0 Å². The molecule has 0 aromatic rings. The molecule has 0 aromatic carbocycles. The van der Waals surface area contributed by atoms with Gasteiger partial charge in [-0.15, -0.1) is 0 Å². The summed E-state index contributed by atoms with van der Waals surface area (Å²) in [5, 5.41) is 3.58. The second kappa shape index (κ2) is 5.57. The summed E-state index contributed by atoms with van der Waals surface area (Å²) >= 11 is 0. The van der Waals surface area contributed by atoms with Crippen LogP contribution in [0.3, 0.4) is 0 Å². The van der Waals surface area contributed by atoms with E-state index in [9.17, 15) is 4.79 Å². The number of carbonyl (C=O) groups is 1. The molecule has 1 N–H and O–H groups in total. The Balaban J connectivity index is 1.79. The zero-order valence-corrected chi connectivity index (χ0v) is 12.0. The number of hydrogen-bond donors (Lipinski definition) is 1. The molecule has 4 nitrogen and oxygen atoms in total. The molecule has 0 bridgehead atoms. The van der Waals surface area contributed by atoms with E-state index in [4.69, 9.17) is 0 Å². The molecule has 1 atom stereocenters. The molecular formula is C14H27N3O. The molecule has 0 aromatic heterocycles. The summed E-state index contributed by atoms with van der Waals surface area (Å²) < 4.78 is 0. The van der Waals surface area contributed by atoms with E-state index in [1.807, 2.05) is 4.90 Å². The minimum atomic E-state index is 0.278. The zero-order valence-electron chi connectivity index (χ0n) is 12.0. The van der Waals surface area contributed by atoms with Gasteiger partial charge >= 0.3 is 0 Å². The molecule has 0 aliphatic carbocycles. The number of amides is 1. The first-order valence-corrected chi connectivity index (χ1v) is 7.29. The molecule has 0 radical (unpaired) electrons. The van der Waals surface area contributed by atoms with Gasteiger partial charge in [0.15, 0.2) is 0 Å². The van der Waals surface area contributed by atoms with E-state index in [1.165, 1.54) is 6.42 Å². The molecule has 1 amide bonds. The van der Waals surface area contributed by atoms with Crippen molar-refractivity contribution in [2.75, 3.05) is 32.7 Å². The fourth-order valence-electron chi connectivity index (χ4n) is 3.09. The summed E-state index contributed by atoms with van der Waals surface area (Å²) in [5.41, 5.74) is 0.278. The quantitative estimate of drug-likeness (QED) is 0.817. The van der Waals surface area contributed by atoms with Crippen LogP contribution in [-0.2, 0) is 4.79 Å². The van der Waals surface area contributed by atoms with Crippen LogP contribution >= 0.6 is 0 Å². The first-order chi connectivity index (χ1) is 8.52. The van der Waals surface area contributed by atoms with Crippen LogP contribution in [-0.4, -0.2) is 60.0 Å². The van der Waals surface area contributed by atoms with Crippen LogP contribution < -0.4 is 5.32 Å². The van der Waals surface area contributed by atoms with E-state index in [0.717, 1.165) is 39.1 Å². The van der Waals surface area contributed by atoms with Crippen molar-refractivity contribution in [3.63, 3.8) is 0 Å². The number of piperazine rings is 1. The van der Waals surface area contributed by atoms with Gasteiger partial charge in [-0.05, 0) is 26.7 Å². The van der Waals surface area contributed by atoms with Crippen LogP contribution in [0.2, 0.25) is 0 Å². The van der Waals surface area contributed by atoms with Gasteiger partial charge in [-0.2, -0.15) is 0 Å². The third-order valence-electron chi connectivity index (χ3n) is 4.21. The molecule has 2 aliphatic heterocycles. The smallest absolute Gasteiger partial charge is 0.222 e. The van der Waals surface area contributed by atoms with Crippen LogP contribution in [0.15, 0.2) is 0 Å². The second-order valence-electron chi connectivity index (χ2n) is 6.29. The summed E-state index contributed by atoms with van der Waals surface area (Å²) in [7, 11) is 0. The van der Waals surface area contributed by atoms with E-state index < -0.39 is 0 Å². The number of hydrogen-bond acceptors (Lipinski definition) is 3. The number of nitrogens with zero attached hydrogens (tertiary/aromatic N) is 2. The van der Waals surface area contributed by atoms with Gasteiger partial charge in [0.2, 0.25) is 5.91 Å². The predicted molar refractivity (Wildman–Crippen MR) is 73.5 cm³/mol. The van der Waals surface area contributed by atoms with Crippen LogP contribution in [0.4, 0.5) is 0 Å². The zero-order chi connectivity index (χ0) is 13.2. The van der Waals surface area contributed by atoms with Crippen molar-refractivity contribution < 1.29 is 4.79 Å². The molecule has 2 heterocycles. The van der Waals surface area contributed by atoms with Gasteiger partial charge in [-0.3, -0.25) is 9.69 Å². The molecule has 0 spiro atoms.